The molecule has 2 heterocycles. The molecule has 2 amide bonds. The van der Waals surface area contributed by atoms with Gasteiger partial charge < -0.3 is 16.2 Å². The van der Waals surface area contributed by atoms with Gasteiger partial charge in [-0.1, -0.05) is 0 Å². The maximum Gasteiger partial charge on any atom is 0.339 e. The molecule has 22 heavy (non-hydrogen) atoms. The molecule has 10 nitrogen and oxygen atoms in total. The van der Waals surface area contributed by atoms with E-state index >= 15 is 0 Å². The quantitative estimate of drug-likeness (QED) is 0.690. The summed E-state index contributed by atoms with van der Waals surface area (Å²) in [5.41, 5.74) is 4.88. The molecule has 0 aliphatic rings. The van der Waals surface area contributed by atoms with Crippen molar-refractivity contribution in [2.24, 2.45) is 12.8 Å². The zero-order valence-corrected chi connectivity index (χ0v) is 11.9. The van der Waals surface area contributed by atoms with Gasteiger partial charge in [0.05, 0.1) is 11.9 Å². The monoisotopic (exact) mass is 306 g/mol. The van der Waals surface area contributed by atoms with Crippen molar-refractivity contribution in [2.75, 3.05) is 5.32 Å². The van der Waals surface area contributed by atoms with E-state index in [0.29, 0.717) is 6.54 Å². The first-order valence-electron chi connectivity index (χ1n) is 6.29. The normalized spacial score (nSPS) is 10.5. The zero-order chi connectivity index (χ0) is 16.4. The van der Waals surface area contributed by atoms with Gasteiger partial charge in [0.2, 0.25) is 0 Å². The van der Waals surface area contributed by atoms with Gasteiger partial charge in [-0.2, -0.15) is 10.2 Å². The fourth-order valence-corrected chi connectivity index (χ4v) is 1.97. The van der Waals surface area contributed by atoms with E-state index < -0.39 is 17.8 Å². The van der Waals surface area contributed by atoms with Gasteiger partial charge in [0.15, 0.2) is 5.69 Å². The van der Waals surface area contributed by atoms with E-state index in [1.807, 2.05) is 0 Å². The first-order valence-corrected chi connectivity index (χ1v) is 6.29. The van der Waals surface area contributed by atoms with E-state index in [0.717, 1.165) is 0 Å². The summed E-state index contributed by atoms with van der Waals surface area (Å²) < 4.78 is 2.54. The van der Waals surface area contributed by atoms with E-state index in [9.17, 15) is 14.4 Å². The number of nitrogens with zero attached hydrogens (tertiary/aromatic N) is 4. The molecule has 2 aromatic rings. The van der Waals surface area contributed by atoms with Gasteiger partial charge in [-0.15, -0.1) is 0 Å². The molecule has 0 aliphatic carbocycles. The zero-order valence-electron chi connectivity index (χ0n) is 11.9. The number of anilines is 1. The summed E-state index contributed by atoms with van der Waals surface area (Å²) in [6.07, 6.45) is 2.48. The Morgan fingerprint density at radius 2 is 2.09 bits per heavy atom. The summed E-state index contributed by atoms with van der Waals surface area (Å²) >= 11 is 0. The Labute approximate surface area is 124 Å². The number of nitrogens with one attached hydrogen (secondary N) is 1. The molecule has 0 unspecified atom stereocenters. The number of carbonyl (C=O) groups excluding carboxylic acids is 2. The lowest BCUT2D eigenvalue weighted by Crippen LogP contribution is -2.22. The van der Waals surface area contributed by atoms with Crippen molar-refractivity contribution in [3.8, 4) is 0 Å². The van der Waals surface area contributed by atoms with Gasteiger partial charge in [0.1, 0.15) is 11.3 Å². The van der Waals surface area contributed by atoms with Gasteiger partial charge in [-0.25, -0.2) is 4.79 Å². The second kappa shape index (κ2) is 5.68. The molecule has 0 radical (unpaired) electrons. The second-order valence-corrected chi connectivity index (χ2v) is 4.41. The molecule has 0 bridgehead atoms. The molecular weight excluding hydrogens is 292 g/mol. The highest BCUT2D eigenvalue weighted by molar-refractivity contribution is 6.11. The number of carboxylic acid groups (broad SMARTS) is 1. The maximum atomic E-state index is 12.2. The fourth-order valence-electron chi connectivity index (χ4n) is 1.97. The standard InChI is InChI=1S/C12H14N6O4/c1-3-18-9(10(13)19)7(4-14-18)15-11(20)8-6(12(21)22)5-17(2)16-8/h4-5H,3H2,1-2H3,(H2,13,19)(H,15,20)(H,21,22). The number of aryl methyl sites for hydroxylation is 2. The number of nitrogens with two attached hydrogens (primary N) is 1. The van der Waals surface area contributed by atoms with Crippen LogP contribution in [0.15, 0.2) is 12.4 Å². The van der Waals surface area contributed by atoms with E-state index in [2.05, 4.69) is 15.5 Å². The average molecular weight is 306 g/mol. The highest BCUT2D eigenvalue weighted by Crippen LogP contribution is 2.16. The van der Waals surface area contributed by atoms with Gasteiger partial charge in [-0.05, 0) is 6.92 Å². The average Bonchev–Trinajstić information content (AvgIpc) is 3.02. The third-order valence-electron chi connectivity index (χ3n) is 2.89. The van der Waals surface area contributed by atoms with Crippen LogP contribution in [0.5, 0.6) is 0 Å². The Bertz CT molecular complexity index is 760. The van der Waals surface area contributed by atoms with Crippen molar-refractivity contribution >= 4 is 23.5 Å². The molecule has 0 aromatic carbocycles. The molecule has 0 aliphatic heterocycles. The summed E-state index contributed by atoms with van der Waals surface area (Å²) in [5.74, 6) is -2.80. The highest BCUT2D eigenvalue weighted by Gasteiger charge is 2.24. The number of carboxylic acids is 1. The Balaban J connectivity index is 2.36. The molecule has 0 saturated heterocycles. The number of hydrogen-bond acceptors (Lipinski definition) is 5. The van der Waals surface area contributed by atoms with Crippen molar-refractivity contribution in [1.82, 2.24) is 19.6 Å². The minimum absolute atomic E-state index is 0.0312. The van der Waals surface area contributed by atoms with Crippen LogP contribution in [0.3, 0.4) is 0 Å². The van der Waals surface area contributed by atoms with Crippen molar-refractivity contribution in [1.29, 1.82) is 0 Å². The van der Waals surface area contributed by atoms with Crippen molar-refractivity contribution < 1.29 is 19.5 Å². The van der Waals surface area contributed by atoms with Crippen LogP contribution < -0.4 is 11.1 Å². The fraction of sp³-hybridized carbons (Fsp3) is 0.250. The highest BCUT2D eigenvalue weighted by atomic mass is 16.4. The first kappa shape index (κ1) is 15.2. The molecule has 0 saturated carbocycles. The Kier molecular flexibility index (Phi) is 3.93. The summed E-state index contributed by atoms with van der Waals surface area (Å²) in [6.45, 7) is 2.14. The summed E-state index contributed by atoms with van der Waals surface area (Å²) in [4.78, 5) is 34.7. The number of hydrogen-bond donors (Lipinski definition) is 3. The van der Waals surface area contributed by atoms with Crippen LogP contribution in [0, 0.1) is 0 Å². The van der Waals surface area contributed by atoms with E-state index in [1.165, 1.54) is 28.8 Å². The molecule has 0 fully saturated rings. The van der Waals surface area contributed by atoms with Crippen molar-refractivity contribution in [3.05, 3.63) is 29.3 Å². The van der Waals surface area contributed by atoms with E-state index in [1.54, 1.807) is 6.92 Å². The van der Waals surface area contributed by atoms with Gasteiger partial charge >= 0.3 is 5.97 Å². The molecular formula is C12H14N6O4. The van der Waals surface area contributed by atoms with E-state index in [-0.39, 0.29) is 22.6 Å². The Morgan fingerprint density at radius 1 is 1.41 bits per heavy atom. The van der Waals surface area contributed by atoms with Crippen LogP contribution in [-0.4, -0.2) is 42.5 Å². The minimum atomic E-state index is -1.28. The molecule has 4 N–H and O–H groups in total. The number of aromatic nitrogens is 4. The number of primary amides is 1. The lowest BCUT2D eigenvalue weighted by molar-refractivity contribution is 0.0692. The summed E-state index contributed by atoms with van der Waals surface area (Å²) in [6, 6.07) is 0. The Morgan fingerprint density at radius 3 is 2.64 bits per heavy atom. The van der Waals surface area contributed by atoms with Crippen LogP contribution in [0.4, 0.5) is 5.69 Å². The lowest BCUT2D eigenvalue weighted by Gasteiger charge is -2.05. The predicted molar refractivity (Wildman–Crippen MR) is 74.5 cm³/mol. The lowest BCUT2D eigenvalue weighted by atomic mass is 10.2. The summed E-state index contributed by atoms with van der Waals surface area (Å²) in [7, 11) is 1.49. The van der Waals surface area contributed by atoms with Crippen LogP contribution in [0.25, 0.3) is 0 Å². The SMILES string of the molecule is CCn1ncc(NC(=O)c2nn(C)cc2C(=O)O)c1C(N)=O. The molecule has 0 spiro atoms. The van der Waals surface area contributed by atoms with Gasteiger partial charge in [0.25, 0.3) is 11.8 Å². The maximum absolute atomic E-state index is 12.2. The molecule has 2 aromatic heterocycles. The molecule has 116 valence electrons. The first-order chi connectivity index (χ1) is 10.3. The van der Waals surface area contributed by atoms with Crippen molar-refractivity contribution in [3.63, 3.8) is 0 Å². The third-order valence-corrected chi connectivity index (χ3v) is 2.89. The van der Waals surface area contributed by atoms with Gasteiger partial charge in [-0.3, -0.25) is 19.0 Å². The number of aromatic carboxylic acids is 1. The minimum Gasteiger partial charge on any atom is -0.478 e. The van der Waals surface area contributed by atoms with Crippen LogP contribution in [-0.2, 0) is 13.6 Å². The van der Waals surface area contributed by atoms with Gasteiger partial charge in [0, 0.05) is 19.8 Å². The van der Waals surface area contributed by atoms with Crippen molar-refractivity contribution in [2.45, 2.75) is 13.5 Å². The largest absolute Gasteiger partial charge is 0.478 e. The molecule has 0 atom stereocenters. The predicted octanol–water partition coefficient (Wildman–Crippen LogP) is -0.314. The Hall–Kier alpha value is -3.17. The third kappa shape index (κ3) is 2.66. The topological polar surface area (TPSA) is 145 Å². The van der Waals surface area contributed by atoms with Crippen LogP contribution in [0.2, 0.25) is 0 Å². The molecule has 2 rings (SSSR count). The smallest absolute Gasteiger partial charge is 0.339 e. The van der Waals surface area contributed by atoms with Crippen LogP contribution >= 0.6 is 0 Å². The number of amides is 2. The second-order valence-electron chi connectivity index (χ2n) is 4.41. The van der Waals surface area contributed by atoms with E-state index in [4.69, 9.17) is 10.8 Å². The number of rotatable bonds is 5. The van der Waals surface area contributed by atoms with Crippen LogP contribution in [0.1, 0.15) is 38.3 Å². The summed E-state index contributed by atoms with van der Waals surface area (Å²) in [5, 5.41) is 19.2. The molecule has 10 heteroatoms. The number of carbonyl (C=O) groups is 3.